The average molecular weight is 836 g/mol. The van der Waals surface area contributed by atoms with Gasteiger partial charge in [-0.15, -0.1) is 0 Å². The van der Waals surface area contributed by atoms with Gasteiger partial charge in [-0.25, -0.2) is 4.39 Å². The summed E-state index contributed by atoms with van der Waals surface area (Å²) in [5.74, 6) is -2.95. The summed E-state index contributed by atoms with van der Waals surface area (Å²) in [4.78, 5) is 33.5. The average Bonchev–Trinajstić information content (AvgIpc) is 3.80. The Morgan fingerprint density at radius 2 is 1.67 bits per heavy atom. The molecule has 2 fully saturated rings. The maximum absolute atomic E-state index is 16.9. The first-order chi connectivity index (χ1) is 25.6. The van der Waals surface area contributed by atoms with Crippen LogP contribution in [-0.4, -0.2) is 81.2 Å². The summed E-state index contributed by atoms with van der Waals surface area (Å²) in [6.45, 7) is 16.4. The quantitative estimate of drug-likeness (QED) is 0.0847. The number of halogens is 2. The first-order valence-electron chi connectivity index (χ1n) is 19.4. The van der Waals surface area contributed by atoms with E-state index in [-0.39, 0.29) is 68.4 Å². The lowest BCUT2D eigenvalue weighted by Crippen LogP contribution is -2.68. The molecular formula is C40H56BrFN2O9Si. The van der Waals surface area contributed by atoms with Gasteiger partial charge in [-0.05, 0) is 96.8 Å². The lowest BCUT2D eigenvalue weighted by atomic mass is 9.57. The Balaban J connectivity index is 1.63. The number of ether oxygens (including phenoxy) is 4. The summed E-state index contributed by atoms with van der Waals surface area (Å²) in [5, 5.41) is 16.4. The van der Waals surface area contributed by atoms with Crippen LogP contribution < -0.4 is 9.47 Å². The highest BCUT2D eigenvalue weighted by molar-refractivity contribution is 9.10. The van der Waals surface area contributed by atoms with Crippen LogP contribution in [0.15, 0.2) is 14.6 Å². The van der Waals surface area contributed by atoms with Gasteiger partial charge in [0.15, 0.2) is 26.0 Å². The summed E-state index contributed by atoms with van der Waals surface area (Å²) in [6.07, 6.45) is 4.28. The van der Waals surface area contributed by atoms with E-state index < -0.39 is 61.2 Å². The zero-order chi connectivity index (χ0) is 39.3. The third-order valence-corrected chi connectivity index (χ3v) is 17.5. The molecule has 3 aliphatic carbocycles. The van der Waals surface area contributed by atoms with Crippen LogP contribution in [0.4, 0.5) is 4.39 Å². The van der Waals surface area contributed by atoms with Crippen LogP contribution >= 0.6 is 15.9 Å². The highest BCUT2D eigenvalue weighted by atomic mass is 79.9. The van der Waals surface area contributed by atoms with Crippen LogP contribution in [0.2, 0.25) is 18.1 Å². The van der Waals surface area contributed by atoms with E-state index in [9.17, 15) is 5.11 Å². The summed E-state index contributed by atoms with van der Waals surface area (Å²) >= 11 is 3.55. The number of aliphatic hydroxyl groups excluding tert-OH is 1. The van der Waals surface area contributed by atoms with Gasteiger partial charge in [0, 0.05) is 31.3 Å². The van der Waals surface area contributed by atoms with Gasteiger partial charge in [-0.3, -0.25) is 14.5 Å². The molecule has 1 N–H and O–H groups in total. The Bertz CT molecular complexity index is 1800. The van der Waals surface area contributed by atoms with Crippen LogP contribution in [0.5, 0.6) is 11.6 Å². The summed E-state index contributed by atoms with van der Waals surface area (Å²) < 4.78 is 53.9. The number of Topliss-reactive ketones (excluding diaryl/α,β-unsaturated/α-hetero) is 2. The van der Waals surface area contributed by atoms with Crippen molar-refractivity contribution in [3.63, 3.8) is 0 Å². The van der Waals surface area contributed by atoms with Crippen molar-refractivity contribution in [2.24, 2.45) is 11.8 Å². The zero-order valence-corrected chi connectivity index (χ0v) is 35.7. The van der Waals surface area contributed by atoms with Gasteiger partial charge in [0.2, 0.25) is 11.6 Å². The number of aliphatic hydroxyl groups is 1. The largest absolute Gasteiger partial charge is 0.507 e. The minimum atomic E-state index is -2.92. The topological polar surface area (TPSA) is 130 Å². The molecule has 0 bridgehead atoms. The van der Waals surface area contributed by atoms with Crippen molar-refractivity contribution in [1.29, 1.82) is 0 Å². The molecule has 298 valence electrons. The Morgan fingerprint density at radius 1 is 1.04 bits per heavy atom. The van der Waals surface area contributed by atoms with Crippen molar-refractivity contribution in [2.45, 2.75) is 122 Å². The maximum Gasteiger partial charge on any atom is 0.265 e. The fourth-order valence-corrected chi connectivity index (χ4v) is 10.6. The number of nitrogens with zero attached hydrogens (tertiary/aromatic N) is 2. The van der Waals surface area contributed by atoms with E-state index in [0.29, 0.717) is 18.8 Å². The number of carbonyl (C=O) groups excluding carboxylic acids is 2. The summed E-state index contributed by atoms with van der Waals surface area (Å²) in [5.41, 5.74) is -1.46. The van der Waals surface area contributed by atoms with Gasteiger partial charge in [0.1, 0.15) is 22.9 Å². The zero-order valence-electron chi connectivity index (χ0n) is 33.2. The Labute approximate surface area is 327 Å². The fourth-order valence-electron chi connectivity index (χ4n) is 8.45. The van der Waals surface area contributed by atoms with E-state index in [1.54, 1.807) is 0 Å². The molecule has 1 saturated carbocycles. The van der Waals surface area contributed by atoms with E-state index >= 15 is 14.0 Å². The van der Waals surface area contributed by atoms with Gasteiger partial charge in [-0.2, -0.15) is 0 Å². The summed E-state index contributed by atoms with van der Waals surface area (Å²) in [6, 6.07) is -0.542. The Morgan fingerprint density at radius 3 is 2.26 bits per heavy atom. The first kappa shape index (κ1) is 41.0. The van der Waals surface area contributed by atoms with Crippen molar-refractivity contribution in [2.75, 3.05) is 40.5 Å². The monoisotopic (exact) mass is 834 g/mol. The highest BCUT2D eigenvalue weighted by Gasteiger charge is 2.69. The number of rotatable bonds is 14. The Kier molecular flexibility index (Phi) is 11.9. The number of methoxy groups -OCH3 is 2. The molecule has 4 aliphatic rings. The van der Waals surface area contributed by atoms with E-state index in [0.717, 1.165) is 45.2 Å². The third-order valence-electron chi connectivity index (χ3n) is 12.3. The van der Waals surface area contributed by atoms with Crippen molar-refractivity contribution in [3.8, 4) is 11.6 Å². The van der Waals surface area contributed by atoms with E-state index in [1.165, 1.54) is 14.2 Å². The second kappa shape index (κ2) is 15.7. The van der Waals surface area contributed by atoms with Crippen molar-refractivity contribution in [1.82, 2.24) is 10.1 Å². The van der Waals surface area contributed by atoms with Gasteiger partial charge < -0.3 is 33.0 Å². The summed E-state index contributed by atoms with van der Waals surface area (Å²) in [7, 11) is -0.0745. The molecule has 2 heterocycles. The molecule has 4 atom stereocenters. The van der Waals surface area contributed by atoms with E-state index in [4.69, 9.17) is 27.9 Å². The number of carbonyl (C=O) groups is 2. The van der Waals surface area contributed by atoms with Crippen molar-refractivity contribution in [3.05, 3.63) is 43.9 Å². The predicted molar refractivity (Wildman–Crippen MR) is 207 cm³/mol. The van der Waals surface area contributed by atoms with Crippen LogP contribution in [0.1, 0.15) is 125 Å². The second-order valence-corrected chi connectivity index (χ2v) is 22.1. The maximum atomic E-state index is 16.9. The molecule has 2 aromatic rings. The van der Waals surface area contributed by atoms with Gasteiger partial charge in [-0.1, -0.05) is 47.5 Å². The number of hydrogen-bond acceptors (Lipinski definition) is 11. The van der Waals surface area contributed by atoms with Crippen molar-refractivity contribution < 1.29 is 47.0 Å². The predicted octanol–water partition coefficient (Wildman–Crippen LogP) is 9.05. The van der Waals surface area contributed by atoms with Crippen LogP contribution in [-0.2, 0) is 25.1 Å². The molecule has 1 aromatic heterocycles. The number of ketones is 2. The third kappa shape index (κ3) is 6.59. The molecule has 0 spiro atoms. The molecule has 6 rings (SSSR count). The molecule has 11 nitrogen and oxygen atoms in total. The van der Waals surface area contributed by atoms with E-state index in [2.05, 4.69) is 46.8 Å². The van der Waals surface area contributed by atoms with Gasteiger partial charge in [0.25, 0.3) is 5.88 Å². The SMILES string of the molecule is CCCCOc1noc2c1C(=O)[C@@]1(O[Si](C)(C)C(C)(C)C)C(=O)C3=C(O)c4c(c(F)c(C(OC)OC)c(Br)c4OCCCC)C[C@H]3C[C@H]1[C@@H]2N1CCCC1. The minimum Gasteiger partial charge on any atom is -0.507 e. The number of benzene rings is 1. The molecule has 1 saturated heterocycles. The highest BCUT2D eigenvalue weighted by Crippen LogP contribution is 2.60. The standard InChI is InChI=1S/C40H56BrFN2O9Si/c1-10-12-18-50-33-26-23(30(42)27(29(33)41)38(48-6)49-7)20-22-21-24-31(44-16-14-15-17-44)34-28(37(43-52-34)51-19-13-11-2)36(47)40(24,35(46)25(22)32(26)45)53-54(8,9)39(3,4)5/h22,24,31,38,45H,10-21H2,1-9H3/t22-,24-,31-,40-/m0/s1. The molecule has 0 unspecified atom stereocenters. The molecule has 14 heteroatoms. The Hall–Kier alpha value is -2.62. The lowest BCUT2D eigenvalue weighted by molar-refractivity contribution is -0.141. The minimum absolute atomic E-state index is 0.0498. The number of unbranched alkanes of at least 4 members (excludes halogenated alkanes) is 2. The second-order valence-electron chi connectivity index (χ2n) is 16.6. The first-order valence-corrected chi connectivity index (χ1v) is 23.1. The molecule has 1 aliphatic heterocycles. The number of fused-ring (bicyclic) bond motifs is 4. The molecule has 0 radical (unpaired) electrons. The van der Waals surface area contributed by atoms with Gasteiger partial charge >= 0.3 is 0 Å². The molecule has 0 amide bonds. The molecule has 54 heavy (non-hydrogen) atoms. The lowest BCUT2D eigenvalue weighted by Gasteiger charge is -2.55. The van der Waals surface area contributed by atoms with Gasteiger partial charge in [0.05, 0.1) is 34.9 Å². The molecular weight excluding hydrogens is 779 g/mol. The van der Waals surface area contributed by atoms with Crippen LogP contribution in [0, 0.1) is 17.7 Å². The van der Waals surface area contributed by atoms with Crippen LogP contribution in [0.3, 0.4) is 0 Å². The number of likely N-dealkylation sites (tertiary alicyclic amines) is 1. The van der Waals surface area contributed by atoms with E-state index in [1.807, 2.05) is 26.9 Å². The van der Waals surface area contributed by atoms with Crippen LogP contribution in [0.25, 0.3) is 5.76 Å². The van der Waals surface area contributed by atoms with Crippen molar-refractivity contribution >= 4 is 41.6 Å². The normalized spacial score (nSPS) is 24.5. The number of aromatic nitrogens is 1. The molecule has 1 aromatic carbocycles. The fraction of sp³-hybridized carbons (Fsp3) is 0.675. The smallest absolute Gasteiger partial charge is 0.265 e. The number of hydrogen-bond donors (Lipinski definition) is 1.